The predicted molar refractivity (Wildman–Crippen MR) is 152 cm³/mol. The zero-order valence-corrected chi connectivity index (χ0v) is 24.3. The van der Waals surface area contributed by atoms with Crippen molar-refractivity contribution in [3.63, 3.8) is 0 Å². The second-order valence-corrected chi connectivity index (χ2v) is 10.1. The number of hydrogen-bond donors (Lipinski definition) is 0. The Balaban J connectivity index is 0.00000456. The Kier molecular flexibility index (Phi) is 14.6. The largest absolute Gasteiger partial charge is 1.00 e. The first-order chi connectivity index (χ1) is 17.2. The fourth-order valence-electron chi connectivity index (χ4n) is 4.43. The smallest absolute Gasteiger partial charge is 0.170 e. The SMILES string of the molecule is CCN(CC)c1cc[n+](CCCCCCCCCCOc2ccc(-c3ccc(Br)cc3)cc2)cc1.[Cl-]. The lowest BCUT2D eigenvalue weighted by molar-refractivity contribution is -0.697. The summed E-state index contributed by atoms with van der Waals surface area (Å²) in [5.74, 6) is 0.964. The maximum absolute atomic E-state index is 5.94. The van der Waals surface area contributed by atoms with E-state index >= 15 is 0 Å². The molecule has 0 aliphatic rings. The summed E-state index contributed by atoms with van der Waals surface area (Å²) in [4.78, 5) is 2.39. The zero-order valence-electron chi connectivity index (χ0n) is 22.0. The Morgan fingerprint density at radius 3 is 1.72 bits per heavy atom. The van der Waals surface area contributed by atoms with Crippen LogP contribution < -0.4 is 26.6 Å². The molecule has 0 aliphatic carbocycles. The minimum Gasteiger partial charge on any atom is -1.00 e. The van der Waals surface area contributed by atoms with Crippen molar-refractivity contribution in [2.24, 2.45) is 0 Å². The number of hydrogen-bond acceptors (Lipinski definition) is 2. The van der Waals surface area contributed by atoms with Gasteiger partial charge < -0.3 is 22.0 Å². The fraction of sp³-hybridized carbons (Fsp3) is 0.452. The molecule has 0 unspecified atom stereocenters. The number of halogens is 2. The molecule has 0 saturated heterocycles. The van der Waals surface area contributed by atoms with Crippen molar-refractivity contribution in [1.82, 2.24) is 0 Å². The van der Waals surface area contributed by atoms with E-state index in [1.165, 1.54) is 61.8 Å². The van der Waals surface area contributed by atoms with Crippen molar-refractivity contribution in [3.05, 3.63) is 77.5 Å². The first kappa shape index (κ1) is 30.2. The number of benzene rings is 2. The highest BCUT2D eigenvalue weighted by molar-refractivity contribution is 9.10. The number of rotatable bonds is 16. The summed E-state index contributed by atoms with van der Waals surface area (Å²) >= 11 is 3.49. The third-order valence-electron chi connectivity index (χ3n) is 6.61. The lowest BCUT2D eigenvalue weighted by Gasteiger charge is -2.19. The van der Waals surface area contributed by atoms with Gasteiger partial charge in [0, 0.05) is 41.8 Å². The van der Waals surface area contributed by atoms with Gasteiger partial charge in [-0.1, -0.05) is 72.3 Å². The number of pyridine rings is 1. The Bertz CT molecular complexity index is 957. The van der Waals surface area contributed by atoms with Gasteiger partial charge in [-0.05, 0) is 62.1 Å². The van der Waals surface area contributed by atoms with Crippen LogP contribution in [0.5, 0.6) is 5.75 Å². The lowest BCUT2D eigenvalue weighted by Crippen LogP contribution is -3.00. The maximum Gasteiger partial charge on any atom is 0.170 e. The molecule has 3 rings (SSSR count). The van der Waals surface area contributed by atoms with E-state index in [4.69, 9.17) is 4.74 Å². The van der Waals surface area contributed by atoms with Crippen LogP contribution in [0.4, 0.5) is 5.69 Å². The zero-order chi connectivity index (χ0) is 24.7. The van der Waals surface area contributed by atoms with Crippen LogP contribution in [-0.2, 0) is 6.54 Å². The van der Waals surface area contributed by atoms with Crippen molar-refractivity contribution in [2.45, 2.75) is 71.8 Å². The summed E-state index contributed by atoms with van der Waals surface area (Å²) in [5.41, 5.74) is 3.77. The molecule has 0 bridgehead atoms. The van der Waals surface area contributed by atoms with Gasteiger partial charge in [0.2, 0.25) is 0 Å². The second kappa shape index (κ2) is 17.4. The van der Waals surface area contributed by atoms with Crippen LogP contribution in [-0.4, -0.2) is 19.7 Å². The summed E-state index contributed by atoms with van der Waals surface area (Å²) in [6.07, 6.45) is 14.8. The minimum absolute atomic E-state index is 0. The van der Waals surface area contributed by atoms with Gasteiger partial charge in [-0.2, -0.15) is 0 Å². The number of aryl methyl sites for hydroxylation is 1. The van der Waals surface area contributed by atoms with Crippen LogP contribution in [0.2, 0.25) is 0 Å². The maximum atomic E-state index is 5.94. The van der Waals surface area contributed by atoms with Gasteiger partial charge in [-0.25, -0.2) is 4.57 Å². The van der Waals surface area contributed by atoms with Crippen molar-refractivity contribution >= 4 is 21.6 Å². The second-order valence-electron chi connectivity index (χ2n) is 9.17. The normalized spacial score (nSPS) is 10.6. The number of aromatic nitrogens is 1. The monoisotopic (exact) mass is 572 g/mol. The van der Waals surface area contributed by atoms with Crippen LogP contribution in [0, 0.1) is 0 Å². The number of anilines is 1. The van der Waals surface area contributed by atoms with Gasteiger partial charge in [-0.3, -0.25) is 0 Å². The molecule has 0 saturated carbocycles. The highest BCUT2D eigenvalue weighted by Crippen LogP contribution is 2.24. The van der Waals surface area contributed by atoms with Crippen molar-refractivity contribution in [1.29, 1.82) is 0 Å². The summed E-state index contributed by atoms with van der Waals surface area (Å²) in [6.45, 7) is 8.49. The molecule has 0 radical (unpaired) electrons. The molecule has 0 amide bonds. The average molecular weight is 574 g/mol. The van der Waals surface area contributed by atoms with E-state index in [-0.39, 0.29) is 12.4 Å². The molecule has 3 nitrogen and oxygen atoms in total. The standard InChI is InChI=1S/C31H42BrN2O.ClH/c1-3-34(4-2)30-21-24-33(25-22-30)23-11-9-7-5-6-8-10-12-26-35-31-19-15-28(16-20-31)27-13-17-29(32)18-14-27;/h13-22,24-25H,3-12,23,26H2,1-2H3;1H/q+1;/p-1. The Morgan fingerprint density at radius 1 is 0.667 bits per heavy atom. The van der Waals surface area contributed by atoms with Crippen LogP contribution in [0.25, 0.3) is 11.1 Å². The van der Waals surface area contributed by atoms with Crippen LogP contribution in [0.3, 0.4) is 0 Å². The molecule has 196 valence electrons. The first-order valence-electron chi connectivity index (χ1n) is 13.4. The molecule has 0 aliphatic heterocycles. The van der Waals surface area contributed by atoms with Gasteiger partial charge in [-0.15, -0.1) is 0 Å². The van der Waals surface area contributed by atoms with Crippen molar-refractivity contribution in [3.8, 4) is 16.9 Å². The van der Waals surface area contributed by atoms with Crippen molar-refractivity contribution in [2.75, 3.05) is 24.6 Å². The molecule has 1 heterocycles. The van der Waals surface area contributed by atoms with Crippen LogP contribution >= 0.6 is 15.9 Å². The third-order valence-corrected chi connectivity index (χ3v) is 7.14. The van der Waals surface area contributed by atoms with E-state index in [1.807, 2.05) is 0 Å². The number of ether oxygens (including phenoxy) is 1. The Hall–Kier alpha value is -2.04. The molecule has 1 aromatic heterocycles. The van der Waals surface area contributed by atoms with E-state index in [9.17, 15) is 0 Å². The molecule has 0 spiro atoms. The summed E-state index contributed by atoms with van der Waals surface area (Å²) in [6, 6.07) is 21.3. The predicted octanol–water partition coefficient (Wildman–Crippen LogP) is 5.45. The third kappa shape index (κ3) is 10.5. The van der Waals surface area contributed by atoms with Gasteiger partial charge in [0.1, 0.15) is 12.3 Å². The van der Waals surface area contributed by atoms with E-state index in [0.717, 1.165) is 42.9 Å². The molecular formula is C31H42BrClN2O. The van der Waals surface area contributed by atoms with Gasteiger partial charge >= 0.3 is 0 Å². The van der Waals surface area contributed by atoms with Gasteiger partial charge in [0.15, 0.2) is 12.4 Å². The molecule has 0 N–H and O–H groups in total. The van der Waals surface area contributed by atoms with Crippen molar-refractivity contribution < 1.29 is 21.7 Å². The van der Waals surface area contributed by atoms with Gasteiger partial charge in [0.05, 0.1) is 6.61 Å². The quantitative estimate of drug-likeness (QED) is 0.167. The van der Waals surface area contributed by atoms with Gasteiger partial charge in [0.25, 0.3) is 0 Å². The van der Waals surface area contributed by atoms with E-state index in [1.54, 1.807) is 0 Å². The highest BCUT2D eigenvalue weighted by Gasteiger charge is 2.05. The molecule has 36 heavy (non-hydrogen) atoms. The molecular weight excluding hydrogens is 532 g/mol. The molecule has 2 aromatic carbocycles. The number of unbranched alkanes of at least 4 members (excludes halogenated alkanes) is 7. The first-order valence-corrected chi connectivity index (χ1v) is 14.2. The topological polar surface area (TPSA) is 16.4 Å². The van der Waals surface area contributed by atoms with E-state index in [0.29, 0.717) is 0 Å². The van der Waals surface area contributed by atoms with E-state index < -0.39 is 0 Å². The molecule has 5 heteroatoms. The summed E-state index contributed by atoms with van der Waals surface area (Å²) in [5, 5.41) is 0. The lowest BCUT2D eigenvalue weighted by atomic mass is 10.1. The summed E-state index contributed by atoms with van der Waals surface area (Å²) in [7, 11) is 0. The highest BCUT2D eigenvalue weighted by atomic mass is 79.9. The number of nitrogens with zero attached hydrogens (tertiary/aromatic N) is 2. The Labute approximate surface area is 233 Å². The van der Waals surface area contributed by atoms with Crippen LogP contribution in [0.15, 0.2) is 77.5 Å². The molecule has 3 aromatic rings. The Morgan fingerprint density at radius 2 is 1.17 bits per heavy atom. The molecule has 0 fully saturated rings. The minimum atomic E-state index is 0. The summed E-state index contributed by atoms with van der Waals surface area (Å²) < 4.78 is 9.36. The average Bonchev–Trinajstić information content (AvgIpc) is 2.89. The fourth-order valence-corrected chi connectivity index (χ4v) is 4.70. The molecule has 0 atom stereocenters. The van der Waals surface area contributed by atoms with E-state index in [2.05, 4.69) is 112 Å². The van der Waals surface area contributed by atoms with Crippen LogP contribution in [0.1, 0.15) is 65.2 Å².